The van der Waals surface area contributed by atoms with Crippen molar-refractivity contribution < 1.29 is 0 Å². The van der Waals surface area contributed by atoms with Gasteiger partial charge >= 0.3 is 0 Å². The van der Waals surface area contributed by atoms with E-state index in [4.69, 9.17) is 0 Å². The molecule has 0 saturated carbocycles. The van der Waals surface area contributed by atoms with Gasteiger partial charge in [-0.25, -0.2) is 0 Å². The predicted octanol–water partition coefficient (Wildman–Crippen LogP) is 3.15. The predicted molar refractivity (Wildman–Crippen MR) is 64.4 cm³/mol. The number of rotatable bonds is 3. The van der Waals surface area contributed by atoms with E-state index < -0.39 is 0 Å². The van der Waals surface area contributed by atoms with E-state index in [1.54, 1.807) is 0 Å². The monoisotopic (exact) mass is 200 g/mol. The lowest BCUT2D eigenvalue weighted by Gasteiger charge is -2.12. The van der Waals surface area contributed by atoms with Crippen LogP contribution < -0.4 is 10.9 Å². The van der Waals surface area contributed by atoms with E-state index in [0.29, 0.717) is 0 Å². The van der Waals surface area contributed by atoms with E-state index in [-0.39, 0.29) is 0 Å². The number of hydrazine groups is 1. The summed E-state index contributed by atoms with van der Waals surface area (Å²) in [5.74, 6) is 0. The molecular weight excluding hydrogens is 184 g/mol. The molecule has 2 heteroatoms. The van der Waals surface area contributed by atoms with Gasteiger partial charge in [0.1, 0.15) is 0 Å². The highest BCUT2D eigenvalue weighted by molar-refractivity contribution is 5.44. The quantitative estimate of drug-likeness (QED) is 0.732. The average Bonchev–Trinajstić information content (AvgIpc) is 2.30. The van der Waals surface area contributed by atoms with E-state index >= 15 is 0 Å². The SMILES string of the molecule is Cc1ccc(NNC2=CCCC=C2)cc1. The minimum absolute atomic E-state index is 1.08. The highest BCUT2D eigenvalue weighted by atomic mass is 15.4. The van der Waals surface area contributed by atoms with Crippen LogP contribution >= 0.6 is 0 Å². The smallest absolute Gasteiger partial charge is 0.0540 e. The fourth-order valence-electron chi connectivity index (χ4n) is 1.49. The van der Waals surface area contributed by atoms with Gasteiger partial charge in [0, 0.05) is 5.70 Å². The third kappa shape index (κ3) is 2.88. The maximum atomic E-state index is 3.18. The molecule has 1 aliphatic rings. The van der Waals surface area contributed by atoms with E-state index in [9.17, 15) is 0 Å². The third-order valence-corrected chi connectivity index (χ3v) is 2.40. The lowest BCUT2D eigenvalue weighted by atomic mass is 10.1. The van der Waals surface area contributed by atoms with Gasteiger partial charge in [-0.2, -0.15) is 0 Å². The summed E-state index contributed by atoms with van der Waals surface area (Å²) in [6.07, 6.45) is 8.75. The fraction of sp³-hybridized carbons (Fsp3) is 0.231. The van der Waals surface area contributed by atoms with Crippen molar-refractivity contribution in [1.82, 2.24) is 5.43 Å². The first-order chi connectivity index (χ1) is 7.34. The standard InChI is InChI=1S/C13H16N2/c1-11-7-9-13(10-8-11)15-14-12-5-3-2-4-6-12/h3,5-10,14-15H,2,4H2,1H3. The van der Waals surface area contributed by atoms with Gasteiger partial charge in [0.15, 0.2) is 0 Å². The molecule has 2 rings (SSSR count). The molecule has 0 atom stereocenters. The average molecular weight is 200 g/mol. The molecule has 15 heavy (non-hydrogen) atoms. The summed E-state index contributed by atoms with van der Waals surface area (Å²) < 4.78 is 0. The van der Waals surface area contributed by atoms with Gasteiger partial charge in [0.05, 0.1) is 5.69 Å². The Balaban J connectivity index is 1.90. The molecule has 0 fully saturated rings. The second-order valence-corrected chi connectivity index (χ2v) is 3.76. The summed E-state index contributed by atoms with van der Waals surface area (Å²) in [6, 6.07) is 8.31. The van der Waals surface area contributed by atoms with Crippen LogP contribution in [0.4, 0.5) is 5.69 Å². The molecule has 0 spiro atoms. The molecule has 2 nitrogen and oxygen atoms in total. The second-order valence-electron chi connectivity index (χ2n) is 3.76. The highest BCUT2D eigenvalue weighted by Gasteiger charge is 1.95. The van der Waals surface area contributed by atoms with Crippen LogP contribution in [0.2, 0.25) is 0 Å². The Morgan fingerprint density at radius 1 is 1.00 bits per heavy atom. The topological polar surface area (TPSA) is 24.1 Å². The van der Waals surface area contributed by atoms with Gasteiger partial charge < -0.3 is 10.9 Å². The Labute approximate surface area is 90.7 Å². The normalized spacial score (nSPS) is 14.6. The van der Waals surface area contributed by atoms with Crippen molar-refractivity contribution in [3.63, 3.8) is 0 Å². The number of anilines is 1. The van der Waals surface area contributed by atoms with Crippen molar-refractivity contribution in [1.29, 1.82) is 0 Å². The Bertz CT molecular complexity index is 374. The summed E-state index contributed by atoms with van der Waals surface area (Å²) >= 11 is 0. The number of hydrogen-bond donors (Lipinski definition) is 2. The molecule has 1 aromatic carbocycles. The molecule has 0 bridgehead atoms. The molecule has 0 heterocycles. The second kappa shape index (κ2) is 4.69. The molecule has 0 unspecified atom stereocenters. The minimum Gasteiger partial charge on any atom is -0.301 e. The van der Waals surface area contributed by atoms with E-state index in [2.05, 4.69) is 60.3 Å². The van der Waals surface area contributed by atoms with Crippen molar-refractivity contribution in [2.24, 2.45) is 0 Å². The Kier molecular flexibility index (Phi) is 3.08. The third-order valence-electron chi connectivity index (χ3n) is 2.40. The Morgan fingerprint density at radius 2 is 1.80 bits per heavy atom. The summed E-state index contributed by atoms with van der Waals surface area (Å²) in [5, 5.41) is 0. The van der Waals surface area contributed by atoms with Gasteiger partial charge in [0.25, 0.3) is 0 Å². The lowest BCUT2D eigenvalue weighted by Crippen LogP contribution is -2.20. The van der Waals surface area contributed by atoms with E-state index in [1.807, 2.05) is 0 Å². The van der Waals surface area contributed by atoms with Crippen molar-refractivity contribution in [2.45, 2.75) is 19.8 Å². The lowest BCUT2D eigenvalue weighted by molar-refractivity contribution is 0.927. The summed E-state index contributed by atoms with van der Waals surface area (Å²) in [7, 11) is 0. The van der Waals surface area contributed by atoms with E-state index in [0.717, 1.165) is 24.2 Å². The van der Waals surface area contributed by atoms with Crippen LogP contribution in [0.5, 0.6) is 0 Å². The van der Waals surface area contributed by atoms with Crippen molar-refractivity contribution in [2.75, 3.05) is 5.43 Å². The van der Waals surface area contributed by atoms with Gasteiger partial charge in [-0.05, 0) is 38.0 Å². The molecule has 0 radical (unpaired) electrons. The van der Waals surface area contributed by atoms with Crippen molar-refractivity contribution in [3.05, 3.63) is 53.8 Å². The van der Waals surface area contributed by atoms with Gasteiger partial charge in [0.2, 0.25) is 0 Å². The van der Waals surface area contributed by atoms with Gasteiger partial charge in [-0.15, -0.1) is 0 Å². The molecule has 0 saturated heterocycles. The number of nitrogens with one attached hydrogen (secondary N) is 2. The molecule has 2 N–H and O–H groups in total. The van der Waals surface area contributed by atoms with Crippen molar-refractivity contribution >= 4 is 5.69 Å². The highest BCUT2D eigenvalue weighted by Crippen LogP contribution is 2.10. The first-order valence-electron chi connectivity index (χ1n) is 5.30. The van der Waals surface area contributed by atoms with Crippen LogP contribution in [0.25, 0.3) is 0 Å². The molecule has 1 aliphatic carbocycles. The zero-order valence-electron chi connectivity index (χ0n) is 8.96. The molecule has 0 amide bonds. The number of hydrogen-bond acceptors (Lipinski definition) is 2. The molecule has 1 aromatic rings. The first-order valence-corrected chi connectivity index (χ1v) is 5.30. The maximum Gasteiger partial charge on any atom is 0.0540 e. The summed E-state index contributed by atoms with van der Waals surface area (Å²) in [4.78, 5) is 0. The largest absolute Gasteiger partial charge is 0.301 e. The minimum atomic E-state index is 1.08. The summed E-state index contributed by atoms with van der Waals surface area (Å²) in [6.45, 7) is 2.09. The van der Waals surface area contributed by atoms with Crippen LogP contribution in [-0.4, -0.2) is 0 Å². The van der Waals surface area contributed by atoms with Crippen LogP contribution in [0.15, 0.2) is 48.2 Å². The molecule has 0 aliphatic heterocycles. The van der Waals surface area contributed by atoms with Crippen LogP contribution in [-0.2, 0) is 0 Å². The molecular formula is C13H16N2. The zero-order valence-corrected chi connectivity index (χ0v) is 8.96. The first kappa shape index (κ1) is 9.84. The zero-order chi connectivity index (χ0) is 10.5. The van der Waals surface area contributed by atoms with Crippen molar-refractivity contribution in [3.8, 4) is 0 Å². The number of aryl methyl sites for hydroxylation is 1. The van der Waals surface area contributed by atoms with Crippen LogP contribution in [0.3, 0.4) is 0 Å². The van der Waals surface area contributed by atoms with E-state index in [1.165, 1.54) is 5.56 Å². The van der Waals surface area contributed by atoms with Gasteiger partial charge in [-0.1, -0.05) is 29.8 Å². The van der Waals surface area contributed by atoms with Gasteiger partial charge in [-0.3, -0.25) is 0 Å². The Hall–Kier alpha value is -1.70. The number of allylic oxidation sites excluding steroid dienone is 3. The van der Waals surface area contributed by atoms with Crippen LogP contribution in [0.1, 0.15) is 18.4 Å². The molecule has 0 aromatic heterocycles. The maximum absolute atomic E-state index is 3.18. The van der Waals surface area contributed by atoms with Crippen LogP contribution in [0, 0.1) is 6.92 Å². The Morgan fingerprint density at radius 3 is 2.47 bits per heavy atom. The number of benzene rings is 1. The fourth-order valence-corrected chi connectivity index (χ4v) is 1.49. The summed E-state index contributed by atoms with van der Waals surface area (Å²) in [5.41, 5.74) is 9.85. The molecule has 78 valence electrons.